The molecular weight excluding hydrogens is 266 g/mol. The van der Waals surface area contributed by atoms with Crippen molar-refractivity contribution in [2.45, 2.75) is 31.9 Å². The predicted octanol–water partition coefficient (Wildman–Crippen LogP) is 1.31. The highest BCUT2D eigenvalue weighted by molar-refractivity contribution is 5.90. The second-order valence-corrected chi connectivity index (χ2v) is 6.13. The van der Waals surface area contributed by atoms with Crippen LogP contribution in [0.15, 0.2) is 30.3 Å². The number of hydrogen-bond donors (Lipinski definition) is 3. The van der Waals surface area contributed by atoms with Crippen LogP contribution in [0.25, 0.3) is 0 Å². The van der Waals surface area contributed by atoms with E-state index in [1.54, 1.807) is 6.92 Å². The van der Waals surface area contributed by atoms with Gasteiger partial charge < -0.3 is 20.6 Å². The van der Waals surface area contributed by atoms with Crippen LogP contribution in [0.4, 0.5) is 5.69 Å². The molecule has 1 amide bonds. The molecule has 0 bridgehead atoms. The highest BCUT2D eigenvalue weighted by Crippen LogP contribution is 2.07. The Balaban J connectivity index is 2.33. The number of nitrogens with one attached hydrogen (secondary N) is 2. The molecule has 0 spiro atoms. The SMILES string of the molecule is CC(CC(=O)Nc1ccccc1)NCC(C)(O)CN(C)C. The number of anilines is 1. The summed E-state index contributed by atoms with van der Waals surface area (Å²) in [5, 5.41) is 16.3. The van der Waals surface area contributed by atoms with Gasteiger partial charge in [-0.3, -0.25) is 4.79 Å². The second kappa shape index (κ2) is 8.12. The molecule has 0 aliphatic heterocycles. The fourth-order valence-corrected chi connectivity index (χ4v) is 2.22. The third-order valence-corrected chi connectivity index (χ3v) is 3.04. The van der Waals surface area contributed by atoms with Gasteiger partial charge in [-0.2, -0.15) is 0 Å². The van der Waals surface area contributed by atoms with Crippen LogP contribution in [0, 0.1) is 0 Å². The summed E-state index contributed by atoms with van der Waals surface area (Å²) < 4.78 is 0. The van der Waals surface area contributed by atoms with E-state index in [0.29, 0.717) is 19.5 Å². The molecule has 1 rings (SSSR count). The minimum absolute atomic E-state index is 0.00218. The largest absolute Gasteiger partial charge is 0.388 e. The lowest BCUT2D eigenvalue weighted by Crippen LogP contribution is -2.48. The Labute approximate surface area is 127 Å². The van der Waals surface area contributed by atoms with Crippen molar-refractivity contribution in [1.82, 2.24) is 10.2 Å². The Hall–Kier alpha value is -1.43. The maximum Gasteiger partial charge on any atom is 0.225 e. The third kappa shape index (κ3) is 7.80. The first-order chi connectivity index (χ1) is 9.78. The molecule has 5 nitrogen and oxygen atoms in total. The van der Waals surface area contributed by atoms with Crippen LogP contribution < -0.4 is 10.6 Å². The number of carbonyl (C=O) groups excluding carboxylic acids is 1. The molecular formula is C16H27N3O2. The maximum absolute atomic E-state index is 11.9. The summed E-state index contributed by atoms with van der Waals surface area (Å²) in [6.45, 7) is 4.75. The Bertz CT molecular complexity index is 432. The quantitative estimate of drug-likeness (QED) is 0.676. The minimum atomic E-state index is -0.812. The molecule has 3 N–H and O–H groups in total. The molecule has 0 saturated carbocycles. The molecule has 0 radical (unpaired) electrons. The number of aliphatic hydroxyl groups is 1. The number of benzene rings is 1. The van der Waals surface area contributed by atoms with E-state index in [0.717, 1.165) is 5.69 Å². The summed E-state index contributed by atoms with van der Waals surface area (Å²) in [7, 11) is 3.84. The molecule has 0 heterocycles. The molecule has 118 valence electrons. The number of nitrogens with zero attached hydrogens (tertiary/aromatic N) is 1. The van der Waals surface area contributed by atoms with E-state index in [1.165, 1.54) is 0 Å². The summed E-state index contributed by atoms with van der Waals surface area (Å²) in [6, 6.07) is 9.40. The molecule has 0 saturated heterocycles. The number of amides is 1. The zero-order valence-corrected chi connectivity index (χ0v) is 13.4. The number of likely N-dealkylation sites (N-methyl/N-ethyl adjacent to an activating group) is 1. The predicted molar refractivity (Wildman–Crippen MR) is 86.3 cm³/mol. The lowest BCUT2D eigenvalue weighted by Gasteiger charge is -2.28. The van der Waals surface area contributed by atoms with Crippen molar-refractivity contribution in [1.29, 1.82) is 0 Å². The summed E-state index contributed by atoms with van der Waals surface area (Å²) in [5.74, 6) is -0.0338. The van der Waals surface area contributed by atoms with Crippen LogP contribution in [-0.4, -0.2) is 54.7 Å². The molecule has 5 heteroatoms. The van der Waals surface area contributed by atoms with Gasteiger partial charge in [0.1, 0.15) is 0 Å². The first kappa shape index (κ1) is 17.6. The summed E-state index contributed by atoms with van der Waals surface area (Å²) in [6.07, 6.45) is 0.368. The van der Waals surface area contributed by atoms with E-state index in [1.807, 2.05) is 56.3 Å². The second-order valence-electron chi connectivity index (χ2n) is 6.13. The van der Waals surface area contributed by atoms with Crippen LogP contribution in [0.1, 0.15) is 20.3 Å². The van der Waals surface area contributed by atoms with Crippen LogP contribution in [0.3, 0.4) is 0 Å². The fraction of sp³-hybridized carbons (Fsp3) is 0.562. The average molecular weight is 293 g/mol. The Kier molecular flexibility index (Phi) is 6.81. The van der Waals surface area contributed by atoms with Crippen LogP contribution in [0.5, 0.6) is 0 Å². The van der Waals surface area contributed by atoms with Gasteiger partial charge in [-0.05, 0) is 40.1 Å². The average Bonchev–Trinajstić information content (AvgIpc) is 2.36. The van der Waals surface area contributed by atoms with E-state index in [9.17, 15) is 9.90 Å². The standard InChI is InChI=1S/C16H27N3O2/c1-13(17-11-16(2,21)12-19(3)4)10-15(20)18-14-8-6-5-7-9-14/h5-9,13,17,21H,10-12H2,1-4H3,(H,18,20). The molecule has 0 aromatic heterocycles. The maximum atomic E-state index is 11.9. The topological polar surface area (TPSA) is 64.6 Å². The van der Waals surface area contributed by atoms with Gasteiger partial charge in [-0.15, -0.1) is 0 Å². The normalized spacial score (nSPS) is 15.5. The van der Waals surface area contributed by atoms with Crippen molar-refractivity contribution in [3.05, 3.63) is 30.3 Å². The number of rotatable bonds is 8. The van der Waals surface area contributed by atoms with Crippen LogP contribution >= 0.6 is 0 Å². The lowest BCUT2D eigenvalue weighted by molar-refractivity contribution is -0.116. The van der Waals surface area contributed by atoms with E-state index >= 15 is 0 Å². The Morgan fingerprint density at radius 3 is 2.52 bits per heavy atom. The van der Waals surface area contributed by atoms with Gasteiger partial charge in [0.2, 0.25) is 5.91 Å². The lowest BCUT2D eigenvalue weighted by atomic mass is 10.1. The minimum Gasteiger partial charge on any atom is -0.388 e. The van der Waals surface area contributed by atoms with E-state index in [-0.39, 0.29) is 11.9 Å². The van der Waals surface area contributed by atoms with Gasteiger partial charge in [0.25, 0.3) is 0 Å². The highest BCUT2D eigenvalue weighted by atomic mass is 16.3. The van der Waals surface area contributed by atoms with E-state index in [2.05, 4.69) is 10.6 Å². The van der Waals surface area contributed by atoms with Gasteiger partial charge in [-0.25, -0.2) is 0 Å². The van der Waals surface area contributed by atoms with Gasteiger partial charge in [0.15, 0.2) is 0 Å². The summed E-state index contributed by atoms with van der Waals surface area (Å²) >= 11 is 0. The van der Waals surface area contributed by atoms with Crippen molar-refractivity contribution in [2.75, 3.05) is 32.5 Å². The Morgan fingerprint density at radius 2 is 1.95 bits per heavy atom. The third-order valence-electron chi connectivity index (χ3n) is 3.04. The molecule has 1 aromatic carbocycles. The number of para-hydroxylation sites is 1. The van der Waals surface area contributed by atoms with Crippen LogP contribution in [0.2, 0.25) is 0 Å². The number of carbonyl (C=O) groups is 1. The molecule has 0 aliphatic rings. The van der Waals surface area contributed by atoms with Crippen molar-refractivity contribution in [3.8, 4) is 0 Å². The van der Waals surface area contributed by atoms with Gasteiger partial charge >= 0.3 is 0 Å². The van der Waals surface area contributed by atoms with E-state index in [4.69, 9.17) is 0 Å². The molecule has 21 heavy (non-hydrogen) atoms. The zero-order chi connectivity index (χ0) is 15.9. The first-order valence-electron chi connectivity index (χ1n) is 7.24. The molecule has 0 aliphatic carbocycles. The fourth-order valence-electron chi connectivity index (χ4n) is 2.22. The van der Waals surface area contributed by atoms with Gasteiger partial charge in [0.05, 0.1) is 5.60 Å². The zero-order valence-electron chi connectivity index (χ0n) is 13.4. The molecule has 1 aromatic rings. The number of hydrogen-bond acceptors (Lipinski definition) is 4. The summed E-state index contributed by atoms with van der Waals surface area (Å²) in [4.78, 5) is 13.8. The van der Waals surface area contributed by atoms with Gasteiger partial charge in [-0.1, -0.05) is 18.2 Å². The van der Waals surface area contributed by atoms with Crippen LogP contribution in [-0.2, 0) is 4.79 Å². The van der Waals surface area contributed by atoms with Crippen molar-refractivity contribution in [3.63, 3.8) is 0 Å². The van der Waals surface area contributed by atoms with Crippen molar-refractivity contribution in [2.24, 2.45) is 0 Å². The molecule has 2 atom stereocenters. The van der Waals surface area contributed by atoms with Gasteiger partial charge in [0, 0.05) is 31.2 Å². The van der Waals surface area contributed by atoms with Crippen molar-refractivity contribution >= 4 is 11.6 Å². The monoisotopic (exact) mass is 293 g/mol. The highest BCUT2D eigenvalue weighted by Gasteiger charge is 2.22. The first-order valence-corrected chi connectivity index (χ1v) is 7.24. The summed E-state index contributed by atoms with van der Waals surface area (Å²) in [5.41, 5.74) is -0.0116. The van der Waals surface area contributed by atoms with Crippen molar-refractivity contribution < 1.29 is 9.90 Å². The molecule has 2 unspecified atom stereocenters. The molecule has 0 fully saturated rings. The Morgan fingerprint density at radius 1 is 1.33 bits per heavy atom. The smallest absolute Gasteiger partial charge is 0.225 e. The van der Waals surface area contributed by atoms with E-state index < -0.39 is 5.60 Å².